The second-order valence-corrected chi connectivity index (χ2v) is 7.71. The highest BCUT2D eigenvalue weighted by Gasteiger charge is 2.55. The highest BCUT2D eigenvalue weighted by molar-refractivity contribution is 5.76. The van der Waals surface area contributed by atoms with Crippen molar-refractivity contribution in [1.82, 2.24) is 14.7 Å². The molecule has 5 heteroatoms. The van der Waals surface area contributed by atoms with Crippen LogP contribution in [0.1, 0.15) is 56.0 Å². The normalized spacial score (nSPS) is 26.4. The molecule has 1 unspecified atom stereocenters. The number of aromatic nitrogens is 2. The number of amides is 1. The molecule has 0 radical (unpaired) electrons. The van der Waals surface area contributed by atoms with Crippen molar-refractivity contribution in [1.29, 1.82) is 0 Å². The first-order valence-electron chi connectivity index (χ1n) is 8.75. The zero-order valence-corrected chi connectivity index (χ0v) is 14.9. The quantitative estimate of drug-likeness (QED) is 0.928. The monoisotopic (exact) mass is 319 g/mol. The van der Waals surface area contributed by atoms with Crippen molar-refractivity contribution in [2.45, 2.75) is 64.9 Å². The molecule has 1 atom stereocenters. The van der Waals surface area contributed by atoms with Gasteiger partial charge < -0.3 is 10.0 Å². The molecule has 1 aromatic rings. The van der Waals surface area contributed by atoms with E-state index in [4.69, 9.17) is 0 Å². The molecule has 1 aliphatic carbocycles. The Hall–Kier alpha value is -1.36. The van der Waals surface area contributed by atoms with Crippen LogP contribution in [0.25, 0.3) is 0 Å². The number of likely N-dealkylation sites (tertiary alicyclic amines) is 1. The number of hydrogen-bond acceptors (Lipinski definition) is 3. The lowest BCUT2D eigenvalue weighted by Crippen LogP contribution is -2.60. The summed E-state index contributed by atoms with van der Waals surface area (Å²) in [6.45, 7) is 7.61. The second-order valence-electron chi connectivity index (χ2n) is 7.71. The van der Waals surface area contributed by atoms with Crippen LogP contribution in [0.4, 0.5) is 0 Å². The number of piperidine rings is 1. The molecule has 1 aromatic heterocycles. The van der Waals surface area contributed by atoms with Crippen LogP contribution in [0.2, 0.25) is 0 Å². The summed E-state index contributed by atoms with van der Waals surface area (Å²) in [5.41, 5.74) is 2.93. The minimum absolute atomic E-state index is 0.0697. The van der Waals surface area contributed by atoms with E-state index in [1.165, 1.54) is 5.56 Å². The van der Waals surface area contributed by atoms with Crippen molar-refractivity contribution in [3.63, 3.8) is 0 Å². The molecule has 1 amide bonds. The first-order valence-corrected chi connectivity index (χ1v) is 8.75. The van der Waals surface area contributed by atoms with E-state index in [9.17, 15) is 9.90 Å². The Labute approximate surface area is 138 Å². The smallest absolute Gasteiger partial charge is 0.222 e. The predicted octanol–water partition coefficient (Wildman–Crippen LogP) is 2.12. The van der Waals surface area contributed by atoms with Gasteiger partial charge in [0.15, 0.2) is 0 Å². The summed E-state index contributed by atoms with van der Waals surface area (Å²) < 4.78 is 1.89. The molecule has 128 valence electrons. The van der Waals surface area contributed by atoms with Gasteiger partial charge in [0.1, 0.15) is 0 Å². The molecule has 1 N–H and O–H groups in total. The maximum atomic E-state index is 12.5. The minimum atomic E-state index is -0.522. The zero-order valence-electron chi connectivity index (χ0n) is 14.9. The number of aryl methyl sites for hydroxylation is 2. The van der Waals surface area contributed by atoms with E-state index >= 15 is 0 Å². The average Bonchev–Trinajstić information content (AvgIpc) is 2.77. The van der Waals surface area contributed by atoms with E-state index in [0.29, 0.717) is 6.42 Å². The molecular weight excluding hydrogens is 290 g/mol. The van der Waals surface area contributed by atoms with Crippen molar-refractivity contribution in [3.05, 3.63) is 17.0 Å². The standard InChI is InChI=1S/C18H29N3O2/c1-13-15(14(2)20(4)19-13)5-6-16(22)21-11-9-18(10-12-21)8-7-17(18,3)23/h23H,5-12H2,1-4H3. The minimum Gasteiger partial charge on any atom is -0.390 e. The fraction of sp³-hybridized carbons (Fsp3) is 0.778. The van der Waals surface area contributed by atoms with Gasteiger partial charge in [-0.05, 0) is 58.4 Å². The summed E-state index contributed by atoms with van der Waals surface area (Å²) in [6.07, 6.45) is 5.21. The van der Waals surface area contributed by atoms with Gasteiger partial charge in [-0.2, -0.15) is 5.10 Å². The number of hydrogen-bond donors (Lipinski definition) is 1. The molecule has 1 saturated heterocycles. The second kappa shape index (κ2) is 5.62. The zero-order chi connectivity index (χ0) is 16.8. The van der Waals surface area contributed by atoms with Gasteiger partial charge in [0.05, 0.1) is 11.3 Å². The van der Waals surface area contributed by atoms with E-state index < -0.39 is 5.60 Å². The van der Waals surface area contributed by atoms with Gasteiger partial charge in [0.2, 0.25) is 5.91 Å². The third kappa shape index (κ3) is 2.69. The predicted molar refractivity (Wildman–Crippen MR) is 89.1 cm³/mol. The van der Waals surface area contributed by atoms with E-state index in [2.05, 4.69) is 12.0 Å². The third-order valence-electron chi connectivity index (χ3n) is 6.55. The van der Waals surface area contributed by atoms with Gasteiger partial charge in [-0.15, -0.1) is 0 Å². The first kappa shape index (κ1) is 16.5. The van der Waals surface area contributed by atoms with Gasteiger partial charge in [-0.25, -0.2) is 0 Å². The molecule has 0 aromatic carbocycles. The summed E-state index contributed by atoms with van der Waals surface area (Å²) in [4.78, 5) is 14.5. The number of nitrogens with zero attached hydrogens (tertiary/aromatic N) is 3. The van der Waals surface area contributed by atoms with Gasteiger partial charge in [0, 0.05) is 37.7 Å². The molecule has 23 heavy (non-hydrogen) atoms. The molecule has 1 spiro atoms. The van der Waals surface area contributed by atoms with E-state index in [1.54, 1.807) is 0 Å². The summed E-state index contributed by atoms with van der Waals surface area (Å²) in [5.74, 6) is 0.237. The van der Waals surface area contributed by atoms with Crippen molar-refractivity contribution in [2.24, 2.45) is 12.5 Å². The maximum Gasteiger partial charge on any atom is 0.222 e. The largest absolute Gasteiger partial charge is 0.390 e. The summed E-state index contributed by atoms with van der Waals surface area (Å²) in [7, 11) is 1.95. The fourth-order valence-electron chi connectivity index (χ4n) is 4.38. The average molecular weight is 319 g/mol. The third-order valence-corrected chi connectivity index (χ3v) is 6.55. The van der Waals surface area contributed by atoms with Gasteiger partial charge in [-0.1, -0.05) is 0 Å². The SMILES string of the molecule is Cc1nn(C)c(C)c1CCC(=O)N1CCC2(CC1)CCC2(C)O. The van der Waals surface area contributed by atoms with Crippen LogP contribution in [0.5, 0.6) is 0 Å². The molecule has 1 aliphatic heterocycles. The Morgan fingerprint density at radius 2 is 1.87 bits per heavy atom. The van der Waals surface area contributed by atoms with Crippen LogP contribution in [0.3, 0.4) is 0 Å². The molecule has 2 aliphatic rings. The van der Waals surface area contributed by atoms with Gasteiger partial charge >= 0.3 is 0 Å². The number of carbonyl (C=O) groups excluding carboxylic acids is 1. The lowest BCUT2D eigenvalue weighted by atomic mass is 9.53. The Kier molecular flexibility index (Phi) is 4.03. The Morgan fingerprint density at radius 1 is 1.22 bits per heavy atom. The van der Waals surface area contributed by atoms with Crippen molar-refractivity contribution < 1.29 is 9.90 Å². The van der Waals surface area contributed by atoms with E-state index in [-0.39, 0.29) is 11.3 Å². The summed E-state index contributed by atoms with van der Waals surface area (Å²) in [5, 5.41) is 14.8. The van der Waals surface area contributed by atoms with Gasteiger partial charge in [-0.3, -0.25) is 9.48 Å². The highest BCUT2D eigenvalue weighted by Crippen LogP contribution is 2.56. The summed E-state index contributed by atoms with van der Waals surface area (Å²) in [6, 6.07) is 0. The Morgan fingerprint density at radius 3 is 2.30 bits per heavy atom. The van der Waals surface area contributed by atoms with Crippen LogP contribution < -0.4 is 0 Å². The maximum absolute atomic E-state index is 12.5. The number of carbonyl (C=O) groups is 1. The fourth-order valence-corrected chi connectivity index (χ4v) is 4.38. The van der Waals surface area contributed by atoms with Gasteiger partial charge in [0.25, 0.3) is 0 Å². The highest BCUT2D eigenvalue weighted by atomic mass is 16.3. The van der Waals surface area contributed by atoms with E-state index in [0.717, 1.165) is 56.6 Å². The summed E-state index contributed by atoms with van der Waals surface area (Å²) >= 11 is 0. The Balaban J connectivity index is 1.54. The molecular formula is C18H29N3O2. The molecule has 3 rings (SSSR count). The van der Waals surface area contributed by atoms with Crippen molar-refractivity contribution >= 4 is 5.91 Å². The molecule has 2 heterocycles. The number of aliphatic hydroxyl groups is 1. The van der Waals surface area contributed by atoms with Crippen LogP contribution in [-0.4, -0.2) is 44.4 Å². The first-order chi connectivity index (χ1) is 10.8. The molecule has 0 bridgehead atoms. The van der Waals surface area contributed by atoms with E-state index in [1.807, 2.05) is 30.5 Å². The van der Waals surface area contributed by atoms with Crippen molar-refractivity contribution in [2.75, 3.05) is 13.1 Å². The topological polar surface area (TPSA) is 58.4 Å². The number of rotatable bonds is 3. The lowest BCUT2D eigenvalue weighted by Gasteiger charge is -2.58. The molecule has 1 saturated carbocycles. The van der Waals surface area contributed by atoms with Crippen LogP contribution in [0, 0.1) is 19.3 Å². The van der Waals surface area contributed by atoms with Crippen molar-refractivity contribution in [3.8, 4) is 0 Å². The van der Waals surface area contributed by atoms with Crippen LogP contribution in [0.15, 0.2) is 0 Å². The molecule has 2 fully saturated rings. The lowest BCUT2D eigenvalue weighted by molar-refractivity contribution is -0.180. The molecule has 5 nitrogen and oxygen atoms in total. The van der Waals surface area contributed by atoms with Crippen LogP contribution in [-0.2, 0) is 18.3 Å². The van der Waals surface area contributed by atoms with Crippen LogP contribution >= 0.6 is 0 Å². The Bertz CT molecular complexity index is 610.